The molecule has 0 aromatic heterocycles. The molecule has 1 aromatic carbocycles. The van der Waals surface area contributed by atoms with Gasteiger partial charge in [-0.15, -0.1) is 0 Å². The van der Waals surface area contributed by atoms with Gasteiger partial charge < -0.3 is 29.7 Å². The van der Waals surface area contributed by atoms with Gasteiger partial charge in [-0.2, -0.15) is 0 Å². The second-order valence-corrected chi connectivity index (χ2v) is 4.74. The van der Waals surface area contributed by atoms with Crippen LogP contribution in [0.25, 0.3) is 0 Å². The zero-order valence-corrected chi connectivity index (χ0v) is 13.3. The average Bonchev–Trinajstić information content (AvgIpc) is 2.52. The van der Waals surface area contributed by atoms with Crippen molar-refractivity contribution in [2.45, 2.75) is 25.4 Å². The quantitative estimate of drug-likeness (QED) is 0.586. The average molecular weight is 327 g/mol. The number of rotatable bonds is 10. The first-order valence-corrected chi connectivity index (χ1v) is 6.89. The fraction of sp³-hybridized carbons (Fsp3) is 0.467. The lowest BCUT2D eigenvalue weighted by Gasteiger charge is -2.16. The fourth-order valence-corrected chi connectivity index (χ4v) is 2.06. The smallest absolute Gasteiger partial charge is 0.320 e. The van der Waals surface area contributed by atoms with Crippen LogP contribution in [0.1, 0.15) is 18.4 Å². The predicted molar refractivity (Wildman–Crippen MR) is 81.2 cm³/mol. The third-order valence-electron chi connectivity index (χ3n) is 3.22. The Kier molecular flexibility index (Phi) is 7.14. The molecule has 1 unspecified atom stereocenters. The number of aliphatic carboxylic acids is 2. The minimum Gasteiger partial charge on any atom is -0.493 e. The number of methoxy groups -OCH3 is 3. The molecule has 0 saturated carbocycles. The van der Waals surface area contributed by atoms with Crippen LogP contribution in [0.5, 0.6) is 17.2 Å². The van der Waals surface area contributed by atoms with E-state index in [0.29, 0.717) is 17.2 Å². The molecule has 0 fully saturated rings. The summed E-state index contributed by atoms with van der Waals surface area (Å²) in [6.45, 7) is 0.216. The molecule has 0 aliphatic rings. The summed E-state index contributed by atoms with van der Waals surface area (Å²) in [4.78, 5) is 21.7. The molecule has 0 aliphatic carbocycles. The van der Waals surface area contributed by atoms with Gasteiger partial charge in [0.25, 0.3) is 0 Å². The highest BCUT2D eigenvalue weighted by Crippen LogP contribution is 2.38. The molecular weight excluding hydrogens is 306 g/mol. The molecule has 0 spiro atoms. The highest BCUT2D eigenvalue weighted by atomic mass is 16.5. The Labute approximate surface area is 134 Å². The Hall–Kier alpha value is -2.48. The van der Waals surface area contributed by atoms with Crippen LogP contribution in [0.3, 0.4) is 0 Å². The minimum atomic E-state index is -1.10. The Morgan fingerprint density at radius 2 is 1.65 bits per heavy atom. The molecule has 128 valence electrons. The predicted octanol–water partition coefficient (Wildman–Crippen LogP) is 1.12. The summed E-state index contributed by atoms with van der Waals surface area (Å²) < 4.78 is 15.7. The minimum absolute atomic E-state index is 0.00487. The molecule has 0 aliphatic heterocycles. The van der Waals surface area contributed by atoms with Crippen LogP contribution in [0.4, 0.5) is 0 Å². The van der Waals surface area contributed by atoms with Gasteiger partial charge in [-0.1, -0.05) is 0 Å². The van der Waals surface area contributed by atoms with Gasteiger partial charge in [-0.25, -0.2) is 0 Å². The number of carboxylic acids is 2. The van der Waals surface area contributed by atoms with Crippen molar-refractivity contribution < 1.29 is 34.0 Å². The normalized spacial score (nSPS) is 11.6. The maximum absolute atomic E-state index is 11.2. The number of hydrogen-bond donors (Lipinski definition) is 3. The van der Waals surface area contributed by atoms with Crippen molar-refractivity contribution in [1.29, 1.82) is 0 Å². The van der Waals surface area contributed by atoms with E-state index < -0.39 is 18.0 Å². The van der Waals surface area contributed by atoms with Crippen LogP contribution < -0.4 is 19.5 Å². The molecule has 1 rings (SSSR count). The van der Waals surface area contributed by atoms with Crippen molar-refractivity contribution in [2.24, 2.45) is 0 Å². The summed E-state index contributed by atoms with van der Waals surface area (Å²) in [6, 6.07) is 2.44. The van der Waals surface area contributed by atoms with E-state index >= 15 is 0 Å². The summed E-state index contributed by atoms with van der Waals surface area (Å²) in [6.07, 6.45) is -0.228. The van der Waals surface area contributed by atoms with Crippen molar-refractivity contribution in [2.75, 3.05) is 21.3 Å². The third kappa shape index (κ3) is 5.33. The lowest BCUT2D eigenvalue weighted by Crippen LogP contribution is -2.36. The third-order valence-corrected chi connectivity index (χ3v) is 3.22. The van der Waals surface area contributed by atoms with Crippen molar-refractivity contribution in [3.8, 4) is 17.2 Å². The van der Waals surface area contributed by atoms with Gasteiger partial charge in [-0.3, -0.25) is 9.59 Å². The Morgan fingerprint density at radius 3 is 2.04 bits per heavy atom. The summed E-state index contributed by atoms with van der Waals surface area (Å²) in [5.41, 5.74) is 0.723. The Balaban J connectivity index is 2.86. The van der Waals surface area contributed by atoms with Crippen molar-refractivity contribution in [3.63, 3.8) is 0 Å². The SMILES string of the molecule is COc1cc(CNC(CCC(=O)O)C(=O)O)cc(OC)c1OC. The summed E-state index contributed by atoms with van der Waals surface area (Å²) in [7, 11) is 4.47. The highest BCUT2D eigenvalue weighted by molar-refractivity contribution is 5.75. The number of benzene rings is 1. The van der Waals surface area contributed by atoms with Crippen LogP contribution in [-0.2, 0) is 16.1 Å². The second kappa shape index (κ2) is 8.84. The zero-order valence-electron chi connectivity index (χ0n) is 13.3. The van der Waals surface area contributed by atoms with E-state index in [2.05, 4.69) is 5.32 Å². The lowest BCUT2D eigenvalue weighted by atomic mass is 10.1. The first kappa shape index (κ1) is 18.6. The van der Waals surface area contributed by atoms with E-state index in [-0.39, 0.29) is 19.4 Å². The van der Waals surface area contributed by atoms with E-state index in [1.54, 1.807) is 12.1 Å². The number of hydrogen-bond acceptors (Lipinski definition) is 6. The molecule has 3 N–H and O–H groups in total. The van der Waals surface area contributed by atoms with Gasteiger partial charge >= 0.3 is 11.9 Å². The lowest BCUT2D eigenvalue weighted by molar-refractivity contribution is -0.140. The van der Waals surface area contributed by atoms with Crippen LogP contribution >= 0.6 is 0 Å². The van der Waals surface area contributed by atoms with E-state index in [4.69, 9.17) is 24.4 Å². The molecule has 1 aromatic rings. The maximum Gasteiger partial charge on any atom is 0.320 e. The van der Waals surface area contributed by atoms with E-state index in [1.807, 2.05) is 0 Å². The van der Waals surface area contributed by atoms with Crippen LogP contribution in [0, 0.1) is 0 Å². The van der Waals surface area contributed by atoms with Gasteiger partial charge in [0.1, 0.15) is 6.04 Å². The molecular formula is C15H21NO7. The number of carboxylic acid groups (broad SMARTS) is 2. The summed E-state index contributed by atoms with van der Waals surface area (Å²) >= 11 is 0. The molecule has 8 nitrogen and oxygen atoms in total. The molecule has 8 heteroatoms. The highest BCUT2D eigenvalue weighted by Gasteiger charge is 2.19. The maximum atomic E-state index is 11.2. The molecule has 0 saturated heterocycles. The standard InChI is InChI=1S/C15H21NO7/c1-21-11-6-9(7-12(22-2)14(11)23-3)8-16-10(15(19)20)4-5-13(17)18/h6-7,10,16H,4-5,8H2,1-3H3,(H,17,18)(H,19,20). The Morgan fingerprint density at radius 1 is 1.09 bits per heavy atom. The van der Waals surface area contributed by atoms with E-state index in [1.165, 1.54) is 21.3 Å². The van der Waals surface area contributed by atoms with Gasteiger partial charge in [0.2, 0.25) is 5.75 Å². The zero-order chi connectivity index (χ0) is 17.4. The molecule has 0 heterocycles. The van der Waals surface area contributed by atoms with Crippen LogP contribution in [0.15, 0.2) is 12.1 Å². The van der Waals surface area contributed by atoms with Gasteiger partial charge in [0, 0.05) is 13.0 Å². The first-order valence-electron chi connectivity index (χ1n) is 6.89. The topological polar surface area (TPSA) is 114 Å². The number of carbonyl (C=O) groups is 2. The van der Waals surface area contributed by atoms with Crippen molar-refractivity contribution in [3.05, 3.63) is 17.7 Å². The molecule has 0 bridgehead atoms. The van der Waals surface area contributed by atoms with Crippen molar-refractivity contribution in [1.82, 2.24) is 5.32 Å². The molecule has 1 atom stereocenters. The molecule has 23 heavy (non-hydrogen) atoms. The van der Waals surface area contributed by atoms with Crippen LogP contribution in [0.2, 0.25) is 0 Å². The summed E-state index contributed by atoms with van der Waals surface area (Å²) in [5, 5.41) is 20.6. The second-order valence-electron chi connectivity index (χ2n) is 4.74. The largest absolute Gasteiger partial charge is 0.493 e. The number of nitrogens with one attached hydrogen (secondary N) is 1. The van der Waals surface area contributed by atoms with E-state index in [0.717, 1.165) is 5.56 Å². The van der Waals surface area contributed by atoms with E-state index in [9.17, 15) is 9.59 Å². The van der Waals surface area contributed by atoms with Gasteiger partial charge in [0.15, 0.2) is 11.5 Å². The summed E-state index contributed by atoms with van der Waals surface area (Å²) in [5.74, 6) is -0.772. The van der Waals surface area contributed by atoms with Gasteiger partial charge in [0.05, 0.1) is 21.3 Å². The monoisotopic (exact) mass is 327 g/mol. The molecule has 0 radical (unpaired) electrons. The number of ether oxygens (including phenoxy) is 3. The van der Waals surface area contributed by atoms with Crippen molar-refractivity contribution >= 4 is 11.9 Å². The molecule has 0 amide bonds. The Bertz CT molecular complexity index is 534. The fourth-order valence-electron chi connectivity index (χ4n) is 2.06. The van der Waals surface area contributed by atoms with Gasteiger partial charge in [-0.05, 0) is 24.1 Å². The first-order chi connectivity index (χ1) is 10.9. The van der Waals surface area contributed by atoms with Crippen LogP contribution in [-0.4, -0.2) is 49.5 Å².